The SMILES string of the molecule is C=CCOc1c(I)cc(C=Nc2cc3c4c(c2)[C@H](c2ccccc2)CCN4CC[C@@H]3c2ccccc2)cc1OCC. The minimum absolute atomic E-state index is 0.359. The highest BCUT2D eigenvalue weighted by Crippen LogP contribution is 2.50. The van der Waals surface area contributed by atoms with Crippen LogP contribution in [-0.2, 0) is 0 Å². The van der Waals surface area contributed by atoms with Gasteiger partial charge in [0.25, 0.3) is 0 Å². The molecule has 0 spiro atoms. The summed E-state index contributed by atoms with van der Waals surface area (Å²) in [6.07, 6.45) is 5.93. The van der Waals surface area contributed by atoms with Crippen LogP contribution in [0.5, 0.6) is 11.5 Å². The van der Waals surface area contributed by atoms with Crippen molar-refractivity contribution in [3.05, 3.63) is 129 Å². The summed E-state index contributed by atoms with van der Waals surface area (Å²) in [7, 11) is 0. The molecule has 0 fully saturated rings. The van der Waals surface area contributed by atoms with E-state index in [0.717, 1.165) is 52.3 Å². The van der Waals surface area contributed by atoms with Crippen molar-refractivity contribution in [1.29, 1.82) is 0 Å². The van der Waals surface area contributed by atoms with Gasteiger partial charge in [0, 0.05) is 36.8 Å². The molecule has 208 valence electrons. The smallest absolute Gasteiger partial charge is 0.174 e. The van der Waals surface area contributed by atoms with Gasteiger partial charge in [0.05, 0.1) is 15.9 Å². The second-order valence-electron chi connectivity index (χ2n) is 10.6. The molecule has 0 saturated carbocycles. The Morgan fingerprint density at radius 3 is 2.05 bits per heavy atom. The van der Waals surface area contributed by atoms with E-state index in [4.69, 9.17) is 14.5 Å². The van der Waals surface area contributed by atoms with Crippen LogP contribution in [-0.4, -0.2) is 32.5 Å². The quantitative estimate of drug-likeness (QED) is 0.103. The maximum atomic E-state index is 5.93. The van der Waals surface area contributed by atoms with E-state index in [2.05, 4.69) is 113 Å². The molecule has 0 N–H and O–H groups in total. The fourth-order valence-electron chi connectivity index (χ4n) is 6.27. The first kappa shape index (κ1) is 27.6. The van der Waals surface area contributed by atoms with Crippen molar-refractivity contribution in [2.24, 2.45) is 4.99 Å². The Hall–Kier alpha value is -3.58. The molecule has 0 radical (unpaired) electrons. The lowest BCUT2D eigenvalue weighted by molar-refractivity contribution is 0.295. The van der Waals surface area contributed by atoms with Gasteiger partial charge < -0.3 is 14.4 Å². The molecular weight excluding hydrogens is 619 g/mol. The molecule has 6 rings (SSSR count). The van der Waals surface area contributed by atoms with Crippen LogP contribution in [0.2, 0.25) is 0 Å². The molecular formula is C36H35IN2O2. The molecule has 2 aliphatic rings. The first-order chi connectivity index (χ1) is 20.2. The summed E-state index contributed by atoms with van der Waals surface area (Å²) < 4.78 is 12.8. The Bertz CT molecular complexity index is 1480. The maximum absolute atomic E-state index is 5.93. The number of aliphatic imine (C=N–C) groups is 1. The van der Waals surface area contributed by atoms with Crippen molar-refractivity contribution in [2.45, 2.75) is 31.6 Å². The predicted molar refractivity (Wildman–Crippen MR) is 178 cm³/mol. The predicted octanol–water partition coefficient (Wildman–Crippen LogP) is 8.88. The Morgan fingerprint density at radius 1 is 0.878 bits per heavy atom. The number of ether oxygens (including phenoxy) is 2. The number of rotatable bonds is 9. The second-order valence-corrected chi connectivity index (χ2v) is 11.7. The van der Waals surface area contributed by atoms with E-state index in [-0.39, 0.29) is 0 Å². The van der Waals surface area contributed by atoms with Crippen LogP contribution in [0.3, 0.4) is 0 Å². The van der Waals surface area contributed by atoms with Crippen LogP contribution in [0.4, 0.5) is 11.4 Å². The average Bonchev–Trinajstić information content (AvgIpc) is 3.01. The zero-order valence-corrected chi connectivity index (χ0v) is 25.6. The molecule has 4 nitrogen and oxygen atoms in total. The van der Waals surface area contributed by atoms with Crippen LogP contribution in [0.25, 0.3) is 0 Å². The highest BCUT2D eigenvalue weighted by Gasteiger charge is 2.35. The third-order valence-electron chi connectivity index (χ3n) is 8.04. The Kier molecular flexibility index (Phi) is 8.42. The average molecular weight is 655 g/mol. The molecule has 0 aromatic heterocycles. The summed E-state index contributed by atoms with van der Waals surface area (Å²) in [5, 5.41) is 0. The molecule has 41 heavy (non-hydrogen) atoms. The lowest BCUT2D eigenvalue weighted by Gasteiger charge is -2.43. The van der Waals surface area contributed by atoms with Gasteiger partial charge >= 0.3 is 0 Å². The zero-order chi connectivity index (χ0) is 28.2. The molecule has 4 aromatic carbocycles. The summed E-state index contributed by atoms with van der Waals surface area (Å²) in [6, 6.07) is 30.7. The monoisotopic (exact) mass is 654 g/mol. The summed E-state index contributed by atoms with van der Waals surface area (Å²) in [6.45, 7) is 8.93. The third kappa shape index (κ3) is 5.78. The van der Waals surface area contributed by atoms with Gasteiger partial charge in [0.15, 0.2) is 11.5 Å². The highest BCUT2D eigenvalue weighted by atomic mass is 127. The van der Waals surface area contributed by atoms with E-state index in [1.807, 2.05) is 19.2 Å². The van der Waals surface area contributed by atoms with E-state index in [1.165, 1.54) is 27.9 Å². The van der Waals surface area contributed by atoms with Gasteiger partial charge in [-0.3, -0.25) is 4.99 Å². The van der Waals surface area contributed by atoms with Crippen molar-refractivity contribution in [3.63, 3.8) is 0 Å². The molecule has 0 bridgehead atoms. The Morgan fingerprint density at radius 2 is 1.49 bits per heavy atom. The summed E-state index contributed by atoms with van der Waals surface area (Å²) in [5.74, 6) is 2.20. The second kappa shape index (κ2) is 12.5. The largest absolute Gasteiger partial charge is 0.490 e. The topological polar surface area (TPSA) is 34.1 Å². The third-order valence-corrected chi connectivity index (χ3v) is 8.84. The molecule has 0 amide bonds. The van der Waals surface area contributed by atoms with Crippen molar-refractivity contribution in [2.75, 3.05) is 31.2 Å². The molecule has 2 heterocycles. The molecule has 0 aliphatic carbocycles. The highest BCUT2D eigenvalue weighted by molar-refractivity contribution is 14.1. The standard InChI is InChI=1S/C36H35IN2O2/c1-3-19-41-36-33(37)20-25(21-34(36)40-4-2)24-38-28-22-31-29(26-11-7-5-8-12-26)15-17-39-18-16-30(32(23-28)35(31)39)27-13-9-6-10-14-27/h3,5-14,20-24,29-30H,1,4,15-19H2,2H3/t29-,30+. The van der Waals surface area contributed by atoms with Gasteiger partial charge in [-0.25, -0.2) is 0 Å². The van der Waals surface area contributed by atoms with Crippen LogP contribution in [0.15, 0.2) is 103 Å². The van der Waals surface area contributed by atoms with Gasteiger partial charge in [-0.1, -0.05) is 73.3 Å². The lowest BCUT2D eigenvalue weighted by Crippen LogP contribution is -2.37. The summed E-state index contributed by atoms with van der Waals surface area (Å²) in [5.41, 5.74) is 8.93. The van der Waals surface area contributed by atoms with E-state index in [0.29, 0.717) is 25.0 Å². The number of benzene rings is 4. The van der Waals surface area contributed by atoms with Crippen molar-refractivity contribution >= 4 is 40.2 Å². The number of halogens is 1. The van der Waals surface area contributed by atoms with Gasteiger partial charge in [-0.2, -0.15) is 0 Å². The fraction of sp³-hybridized carbons (Fsp3) is 0.250. The van der Waals surface area contributed by atoms with E-state index in [9.17, 15) is 0 Å². The van der Waals surface area contributed by atoms with Gasteiger partial charge in [0.2, 0.25) is 0 Å². The molecule has 5 heteroatoms. The van der Waals surface area contributed by atoms with Crippen LogP contribution >= 0.6 is 22.6 Å². The van der Waals surface area contributed by atoms with Crippen molar-refractivity contribution in [3.8, 4) is 11.5 Å². The molecule has 2 atom stereocenters. The minimum atomic E-state index is 0.359. The van der Waals surface area contributed by atoms with Crippen molar-refractivity contribution < 1.29 is 9.47 Å². The van der Waals surface area contributed by atoms with Gasteiger partial charge in [-0.15, -0.1) is 0 Å². The van der Waals surface area contributed by atoms with Crippen LogP contribution in [0, 0.1) is 3.57 Å². The molecule has 2 aliphatic heterocycles. The zero-order valence-electron chi connectivity index (χ0n) is 23.4. The number of anilines is 1. The molecule has 0 unspecified atom stereocenters. The van der Waals surface area contributed by atoms with Crippen molar-refractivity contribution in [1.82, 2.24) is 0 Å². The minimum Gasteiger partial charge on any atom is -0.490 e. The number of nitrogens with zero attached hydrogens (tertiary/aromatic N) is 2. The van der Waals surface area contributed by atoms with Crippen LogP contribution < -0.4 is 14.4 Å². The number of hydrogen-bond acceptors (Lipinski definition) is 4. The van der Waals surface area contributed by atoms with E-state index >= 15 is 0 Å². The van der Waals surface area contributed by atoms with Gasteiger partial charge in [0.1, 0.15) is 6.61 Å². The summed E-state index contributed by atoms with van der Waals surface area (Å²) >= 11 is 2.31. The van der Waals surface area contributed by atoms with Crippen LogP contribution in [0.1, 0.15) is 59.4 Å². The van der Waals surface area contributed by atoms with E-state index in [1.54, 1.807) is 6.08 Å². The maximum Gasteiger partial charge on any atom is 0.174 e. The summed E-state index contributed by atoms with van der Waals surface area (Å²) in [4.78, 5) is 7.68. The number of hydrogen-bond donors (Lipinski definition) is 0. The normalized spacial score (nSPS) is 17.8. The Balaban J connectivity index is 1.44. The molecule has 0 saturated heterocycles. The van der Waals surface area contributed by atoms with Gasteiger partial charge in [-0.05, 0) is 94.4 Å². The Labute approximate surface area is 256 Å². The molecule has 4 aromatic rings. The lowest BCUT2D eigenvalue weighted by atomic mass is 9.76. The fourth-order valence-corrected chi connectivity index (χ4v) is 7.05. The first-order valence-electron chi connectivity index (χ1n) is 14.4. The van der Waals surface area contributed by atoms with E-state index < -0.39 is 0 Å². The first-order valence-corrected chi connectivity index (χ1v) is 15.5.